The second kappa shape index (κ2) is 12.5. The molecule has 0 radical (unpaired) electrons. The van der Waals surface area contributed by atoms with Crippen LogP contribution in [0.2, 0.25) is 0 Å². The molecule has 0 aliphatic rings. The van der Waals surface area contributed by atoms with E-state index in [0.29, 0.717) is 25.0 Å². The van der Waals surface area contributed by atoms with Crippen molar-refractivity contribution in [2.75, 3.05) is 6.61 Å². The number of alkyl carbamates (subject to hydrolysis) is 1. The molecule has 170 valence electrons. The lowest BCUT2D eigenvalue weighted by Gasteiger charge is -2.23. The maximum atomic E-state index is 12.1. The van der Waals surface area contributed by atoms with Crippen LogP contribution in [0.1, 0.15) is 64.0 Å². The molecule has 8 heteroatoms. The largest absolute Gasteiger partial charge is 0.491 e. The summed E-state index contributed by atoms with van der Waals surface area (Å²) >= 11 is 0. The predicted molar refractivity (Wildman–Crippen MR) is 117 cm³/mol. The molecule has 1 aromatic rings. The van der Waals surface area contributed by atoms with Gasteiger partial charge in [0.05, 0.1) is 6.04 Å². The molecule has 1 rings (SSSR count). The monoisotopic (exact) mass is 432 g/mol. The lowest BCUT2D eigenvalue weighted by Crippen LogP contribution is -2.42. The first-order valence-electron chi connectivity index (χ1n) is 10.2. The summed E-state index contributed by atoms with van der Waals surface area (Å²) in [6.45, 7) is 7.32. The van der Waals surface area contributed by atoms with Crippen LogP contribution in [0.15, 0.2) is 18.2 Å². The van der Waals surface area contributed by atoms with E-state index < -0.39 is 29.6 Å². The van der Waals surface area contributed by atoms with Crippen LogP contribution in [0.4, 0.5) is 4.79 Å². The third-order valence-corrected chi connectivity index (χ3v) is 3.89. The summed E-state index contributed by atoms with van der Waals surface area (Å²) in [6, 6.07) is 5.05. The highest BCUT2D eigenvalue weighted by molar-refractivity contribution is 5.74. The summed E-state index contributed by atoms with van der Waals surface area (Å²) in [6.07, 6.45) is 0.902. The summed E-state index contributed by atoms with van der Waals surface area (Å²) in [7, 11) is 0. The van der Waals surface area contributed by atoms with E-state index in [1.54, 1.807) is 26.8 Å². The lowest BCUT2D eigenvalue weighted by atomic mass is 10.1. The third-order valence-electron chi connectivity index (χ3n) is 3.89. The van der Waals surface area contributed by atoms with E-state index in [0.717, 1.165) is 11.1 Å². The van der Waals surface area contributed by atoms with E-state index in [-0.39, 0.29) is 19.4 Å². The Morgan fingerprint density at radius 3 is 2.52 bits per heavy atom. The van der Waals surface area contributed by atoms with Gasteiger partial charge in [-0.3, -0.25) is 9.59 Å². The molecule has 0 aliphatic heterocycles. The van der Waals surface area contributed by atoms with Crippen molar-refractivity contribution in [3.63, 3.8) is 0 Å². The zero-order chi connectivity index (χ0) is 23.4. The standard InChI is InChI=1S/C23H32N2O6/c1-16-12-17(8-6-5-7-9-21(27)28)14-19(13-16)30-15-18(10-11-20(24)26)25-22(29)31-23(2,3)4/h12-14,18H,5,7,9-11,15H2,1-4H3,(H2,24,26)(H,25,29)(H,27,28)/t18-/m0/s1. The normalized spacial score (nSPS) is 11.6. The van der Waals surface area contributed by atoms with Gasteiger partial charge in [-0.15, -0.1) is 0 Å². The molecule has 0 bridgehead atoms. The number of ether oxygens (including phenoxy) is 2. The summed E-state index contributed by atoms with van der Waals surface area (Å²) in [4.78, 5) is 33.8. The molecule has 2 amide bonds. The fourth-order valence-electron chi connectivity index (χ4n) is 2.58. The van der Waals surface area contributed by atoms with Crippen LogP contribution >= 0.6 is 0 Å². The van der Waals surface area contributed by atoms with Crippen LogP contribution in [0, 0.1) is 18.8 Å². The van der Waals surface area contributed by atoms with Crippen molar-refractivity contribution in [2.24, 2.45) is 5.73 Å². The Balaban J connectivity index is 2.76. The van der Waals surface area contributed by atoms with Gasteiger partial charge in [0.2, 0.25) is 5.91 Å². The average Bonchev–Trinajstić information content (AvgIpc) is 2.61. The number of hydrogen-bond acceptors (Lipinski definition) is 5. The molecular weight excluding hydrogens is 400 g/mol. The Hall–Kier alpha value is -3.21. The second-order valence-electron chi connectivity index (χ2n) is 8.24. The van der Waals surface area contributed by atoms with E-state index in [1.807, 2.05) is 19.1 Å². The number of carboxylic acid groups (broad SMARTS) is 1. The number of carboxylic acids is 1. The van der Waals surface area contributed by atoms with Gasteiger partial charge in [-0.1, -0.05) is 11.8 Å². The molecule has 0 aliphatic carbocycles. The van der Waals surface area contributed by atoms with Crippen molar-refractivity contribution in [2.45, 2.75) is 71.4 Å². The number of nitrogens with one attached hydrogen (secondary N) is 1. The second-order valence-corrected chi connectivity index (χ2v) is 8.24. The minimum absolute atomic E-state index is 0.0915. The molecule has 31 heavy (non-hydrogen) atoms. The molecule has 1 aromatic carbocycles. The lowest BCUT2D eigenvalue weighted by molar-refractivity contribution is -0.137. The van der Waals surface area contributed by atoms with Gasteiger partial charge in [0, 0.05) is 24.8 Å². The minimum Gasteiger partial charge on any atom is -0.491 e. The Kier molecular flexibility index (Phi) is 10.4. The molecule has 0 aromatic heterocycles. The van der Waals surface area contributed by atoms with Gasteiger partial charge in [-0.05, 0) is 64.3 Å². The smallest absolute Gasteiger partial charge is 0.407 e. The number of aryl methyl sites for hydroxylation is 1. The number of benzene rings is 1. The van der Waals surface area contributed by atoms with Crippen LogP contribution < -0.4 is 15.8 Å². The summed E-state index contributed by atoms with van der Waals surface area (Å²) in [5, 5.41) is 11.4. The van der Waals surface area contributed by atoms with Crippen LogP contribution in [-0.4, -0.2) is 41.3 Å². The van der Waals surface area contributed by atoms with Gasteiger partial charge in [-0.2, -0.15) is 0 Å². The van der Waals surface area contributed by atoms with Crippen molar-refractivity contribution in [1.29, 1.82) is 0 Å². The molecule has 1 atom stereocenters. The van der Waals surface area contributed by atoms with Gasteiger partial charge in [-0.25, -0.2) is 4.79 Å². The molecule has 0 fully saturated rings. The molecule has 8 nitrogen and oxygen atoms in total. The van der Waals surface area contributed by atoms with Gasteiger partial charge in [0.1, 0.15) is 18.0 Å². The first-order valence-corrected chi connectivity index (χ1v) is 10.2. The molecule has 0 saturated heterocycles. The van der Waals surface area contributed by atoms with Crippen molar-refractivity contribution < 1.29 is 29.0 Å². The average molecular weight is 433 g/mol. The SMILES string of the molecule is Cc1cc(C#CCCCC(=O)O)cc(OC[C@H](CCC(N)=O)NC(=O)OC(C)(C)C)c1. The van der Waals surface area contributed by atoms with Crippen molar-refractivity contribution in [3.8, 4) is 17.6 Å². The first kappa shape index (κ1) is 25.8. The maximum absolute atomic E-state index is 12.1. The topological polar surface area (TPSA) is 128 Å². The number of hydrogen-bond donors (Lipinski definition) is 3. The number of amides is 2. The number of primary amides is 1. The quantitative estimate of drug-likeness (QED) is 0.385. The van der Waals surface area contributed by atoms with Gasteiger partial charge >= 0.3 is 12.1 Å². The molecule has 0 spiro atoms. The predicted octanol–water partition coefficient (Wildman–Crippen LogP) is 3.14. The Morgan fingerprint density at radius 1 is 1.19 bits per heavy atom. The zero-order valence-corrected chi connectivity index (χ0v) is 18.6. The number of nitrogens with two attached hydrogens (primary N) is 1. The number of rotatable bonds is 10. The van der Waals surface area contributed by atoms with E-state index in [1.165, 1.54) is 0 Å². The van der Waals surface area contributed by atoms with Gasteiger partial charge in [0.15, 0.2) is 0 Å². The zero-order valence-electron chi connectivity index (χ0n) is 18.6. The fourth-order valence-corrected chi connectivity index (χ4v) is 2.58. The van der Waals surface area contributed by atoms with E-state index >= 15 is 0 Å². The van der Waals surface area contributed by atoms with E-state index in [9.17, 15) is 14.4 Å². The Morgan fingerprint density at radius 2 is 1.90 bits per heavy atom. The number of aliphatic carboxylic acids is 1. The molecule has 0 unspecified atom stereocenters. The summed E-state index contributed by atoms with van der Waals surface area (Å²) < 4.78 is 11.1. The highest BCUT2D eigenvalue weighted by Crippen LogP contribution is 2.17. The summed E-state index contributed by atoms with van der Waals surface area (Å²) in [5.41, 5.74) is 6.28. The van der Waals surface area contributed by atoms with Crippen molar-refractivity contribution >= 4 is 18.0 Å². The molecule has 4 N–H and O–H groups in total. The Bertz CT molecular complexity index is 833. The van der Waals surface area contributed by atoms with Gasteiger partial charge < -0.3 is 25.6 Å². The van der Waals surface area contributed by atoms with E-state index in [4.69, 9.17) is 20.3 Å². The fraction of sp³-hybridized carbons (Fsp3) is 0.522. The van der Waals surface area contributed by atoms with Crippen molar-refractivity contribution in [3.05, 3.63) is 29.3 Å². The van der Waals surface area contributed by atoms with Crippen LogP contribution in [0.3, 0.4) is 0 Å². The Labute approximate surface area is 183 Å². The molecule has 0 saturated carbocycles. The highest BCUT2D eigenvalue weighted by atomic mass is 16.6. The number of carbonyl (C=O) groups is 3. The first-order chi connectivity index (χ1) is 14.4. The maximum Gasteiger partial charge on any atom is 0.407 e. The number of carbonyl (C=O) groups excluding carboxylic acids is 2. The van der Waals surface area contributed by atoms with Crippen molar-refractivity contribution in [1.82, 2.24) is 5.32 Å². The van der Waals surface area contributed by atoms with Gasteiger partial charge in [0.25, 0.3) is 0 Å². The van der Waals surface area contributed by atoms with E-state index in [2.05, 4.69) is 17.2 Å². The minimum atomic E-state index is -0.834. The molecule has 0 heterocycles. The molecular formula is C23H32N2O6. The van der Waals surface area contributed by atoms with Crippen LogP contribution in [-0.2, 0) is 14.3 Å². The summed E-state index contributed by atoms with van der Waals surface area (Å²) in [5.74, 6) is 5.25. The number of unbranched alkanes of at least 4 members (excludes halogenated alkanes) is 1. The highest BCUT2D eigenvalue weighted by Gasteiger charge is 2.20. The third kappa shape index (κ3) is 12.9. The van der Waals surface area contributed by atoms with Crippen LogP contribution in [0.5, 0.6) is 5.75 Å². The van der Waals surface area contributed by atoms with Crippen LogP contribution in [0.25, 0.3) is 0 Å².